The maximum atomic E-state index is 3.68. The molecule has 1 unspecified atom stereocenters. The molecule has 2 rings (SSSR count). The zero-order valence-electron chi connectivity index (χ0n) is 13.2. The molecule has 0 saturated heterocycles. The molecule has 2 heteroatoms. The highest BCUT2D eigenvalue weighted by atomic mass is 15.1. The smallest absolute Gasteiger partial charge is 0.0417 e. The number of hydrogen-bond donors (Lipinski definition) is 1. The van der Waals surface area contributed by atoms with Crippen molar-refractivity contribution in [2.45, 2.75) is 46.1 Å². The van der Waals surface area contributed by atoms with Gasteiger partial charge in [-0.1, -0.05) is 43.7 Å². The molecule has 0 aromatic heterocycles. The molecular weight excluding hydrogens is 244 g/mol. The Balaban J connectivity index is 2.20. The van der Waals surface area contributed by atoms with Crippen molar-refractivity contribution < 1.29 is 0 Å². The Morgan fingerprint density at radius 2 is 2.05 bits per heavy atom. The van der Waals surface area contributed by atoms with E-state index in [0.29, 0.717) is 6.04 Å². The first-order valence-corrected chi connectivity index (χ1v) is 7.99. The molecule has 1 atom stereocenters. The molecule has 1 aliphatic rings. The second kappa shape index (κ2) is 7.49. The maximum Gasteiger partial charge on any atom is 0.0417 e. The summed E-state index contributed by atoms with van der Waals surface area (Å²) in [5.41, 5.74) is 4.39. The van der Waals surface area contributed by atoms with E-state index in [0.717, 1.165) is 26.1 Å². The van der Waals surface area contributed by atoms with Crippen LogP contribution >= 0.6 is 0 Å². The summed E-state index contributed by atoms with van der Waals surface area (Å²) in [6, 6.07) is 9.37. The van der Waals surface area contributed by atoms with Gasteiger partial charge in [0.1, 0.15) is 0 Å². The Hall–Kier alpha value is -1.28. The van der Waals surface area contributed by atoms with Gasteiger partial charge in [0, 0.05) is 24.8 Å². The van der Waals surface area contributed by atoms with E-state index in [-0.39, 0.29) is 0 Å². The number of hydrogen-bond acceptors (Lipinski definition) is 2. The number of nitrogens with one attached hydrogen (secondary N) is 1. The van der Waals surface area contributed by atoms with Crippen LogP contribution in [0.1, 0.15) is 51.6 Å². The molecular formula is C18H28N2. The standard InChI is InChI=1S/C18H28N2/c1-4-12-19-17(5-2)16-8-6-7-9-18(16)20-13-10-15(3)11-14-20/h6-10,17,19H,4-5,11-14H2,1-3H3. The van der Waals surface area contributed by atoms with Crippen LogP contribution in [0.4, 0.5) is 5.69 Å². The highest BCUT2D eigenvalue weighted by Gasteiger charge is 2.17. The predicted molar refractivity (Wildman–Crippen MR) is 88.4 cm³/mol. The van der Waals surface area contributed by atoms with E-state index in [9.17, 15) is 0 Å². The third-order valence-corrected chi connectivity index (χ3v) is 4.14. The Bertz CT molecular complexity index is 450. The van der Waals surface area contributed by atoms with Gasteiger partial charge in [-0.15, -0.1) is 0 Å². The second-order valence-corrected chi connectivity index (χ2v) is 5.72. The molecule has 0 amide bonds. The Kier molecular flexibility index (Phi) is 5.66. The van der Waals surface area contributed by atoms with E-state index in [1.165, 1.54) is 29.7 Å². The van der Waals surface area contributed by atoms with Crippen molar-refractivity contribution in [2.75, 3.05) is 24.5 Å². The first-order chi connectivity index (χ1) is 9.76. The minimum absolute atomic E-state index is 0.471. The fourth-order valence-corrected chi connectivity index (χ4v) is 2.85. The molecule has 110 valence electrons. The quantitative estimate of drug-likeness (QED) is 0.777. The van der Waals surface area contributed by atoms with Gasteiger partial charge in [-0.2, -0.15) is 0 Å². The summed E-state index contributed by atoms with van der Waals surface area (Å²) < 4.78 is 0. The van der Waals surface area contributed by atoms with Crippen LogP contribution in [0, 0.1) is 0 Å². The van der Waals surface area contributed by atoms with Crippen LogP contribution in [0.5, 0.6) is 0 Å². The largest absolute Gasteiger partial charge is 0.367 e. The molecule has 1 N–H and O–H groups in total. The van der Waals surface area contributed by atoms with Crippen LogP contribution in [0.15, 0.2) is 35.9 Å². The van der Waals surface area contributed by atoms with Crippen molar-refractivity contribution in [3.05, 3.63) is 41.5 Å². The van der Waals surface area contributed by atoms with Crippen molar-refractivity contribution >= 4 is 5.69 Å². The molecule has 0 saturated carbocycles. The lowest BCUT2D eigenvalue weighted by atomic mass is 10.00. The lowest BCUT2D eigenvalue weighted by Gasteiger charge is -2.31. The number of para-hydroxylation sites is 1. The summed E-state index contributed by atoms with van der Waals surface area (Å²) in [6.07, 6.45) is 5.87. The molecule has 0 bridgehead atoms. The van der Waals surface area contributed by atoms with Gasteiger partial charge >= 0.3 is 0 Å². The molecule has 0 spiro atoms. The zero-order chi connectivity index (χ0) is 14.4. The zero-order valence-corrected chi connectivity index (χ0v) is 13.2. The van der Waals surface area contributed by atoms with Crippen LogP contribution in [0.3, 0.4) is 0 Å². The van der Waals surface area contributed by atoms with Crippen molar-refractivity contribution in [1.29, 1.82) is 0 Å². The summed E-state index contributed by atoms with van der Waals surface area (Å²) >= 11 is 0. The summed E-state index contributed by atoms with van der Waals surface area (Å²) in [5.74, 6) is 0. The van der Waals surface area contributed by atoms with Crippen molar-refractivity contribution in [3.63, 3.8) is 0 Å². The normalized spacial score (nSPS) is 16.9. The third-order valence-electron chi connectivity index (χ3n) is 4.14. The minimum Gasteiger partial charge on any atom is -0.367 e. The van der Waals surface area contributed by atoms with Crippen LogP contribution < -0.4 is 10.2 Å². The molecule has 1 aliphatic heterocycles. The summed E-state index contributed by atoms with van der Waals surface area (Å²) in [4.78, 5) is 2.51. The Morgan fingerprint density at radius 3 is 2.70 bits per heavy atom. The van der Waals surface area contributed by atoms with Crippen LogP contribution in [0.2, 0.25) is 0 Å². The number of rotatable bonds is 6. The van der Waals surface area contributed by atoms with Gasteiger partial charge in [0.05, 0.1) is 0 Å². The molecule has 0 radical (unpaired) electrons. The van der Waals surface area contributed by atoms with Crippen molar-refractivity contribution in [2.24, 2.45) is 0 Å². The lowest BCUT2D eigenvalue weighted by molar-refractivity contribution is 0.517. The SMILES string of the molecule is CCCNC(CC)c1ccccc1N1CC=C(C)CC1. The fraction of sp³-hybridized carbons (Fsp3) is 0.556. The predicted octanol–water partition coefficient (Wildman–Crippen LogP) is 4.29. The molecule has 0 aliphatic carbocycles. The Morgan fingerprint density at radius 1 is 1.25 bits per heavy atom. The van der Waals surface area contributed by atoms with Crippen molar-refractivity contribution in [1.82, 2.24) is 5.32 Å². The fourth-order valence-electron chi connectivity index (χ4n) is 2.85. The van der Waals surface area contributed by atoms with Gasteiger partial charge in [-0.05, 0) is 44.4 Å². The van der Waals surface area contributed by atoms with E-state index in [2.05, 4.69) is 61.3 Å². The van der Waals surface area contributed by atoms with E-state index in [4.69, 9.17) is 0 Å². The first-order valence-electron chi connectivity index (χ1n) is 7.99. The molecule has 0 fully saturated rings. The summed E-state index contributed by atoms with van der Waals surface area (Å²) in [6.45, 7) is 10.0. The Labute approximate surface area is 123 Å². The van der Waals surface area contributed by atoms with E-state index in [1.54, 1.807) is 0 Å². The molecule has 20 heavy (non-hydrogen) atoms. The second-order valence-electron chi connectivity index (χ2n) is 5.72. The van der Waals surface area contributed by atoms with Crippen LogP contribution in [-0.2, 0) is 0 Å². The summed E-state index contributed by atoms with van der Waals surface area (Å²) in [7, 11) is 0. The molecule has 1 aromatic carbocycles. The van der Waals surface area contributed by atoms with Gasteiger partial charge in [0.15, 0.2) is 0 Å². The highest BCUT2D eigenvalue weighted by Crippen LogP contribution is 2.30. The van der Waals surface area contributed by atoms with Crippen LogP contribution in [0.25, 0.3) is 0 Å². The van der Waals surface area contributed by atoms with Gasteiger partial charge in [-0.25, -0.2) is 0 Å². The van der Waals surface area contributed by atoms with Gasteiger partial charge < -0.3 is 10.2 Å². The average Bonchev–Trinajstić information content (AvgIpc) is 2.49. The molecule has 2 nitrogen and oxygen atoms in total. The van der Waals surface area contributed by atoms with Crippen LogP contribution in [-0.4, -0.2) is 19.6 Å². The molecule has 1 heterocycles. The number of anilines is 1. The average molecular weight is 272 g/mol. The number of nitrogens with zero attached hydrogens (tertiary/aromatic N) is 1. The minimum atomic E-state index is 0.471. The van der Waals surface area contributed by atoms with Gasteiger partial charge in [0.2, 0.25) is 0 Å². The first kappa shape index (κ1) is 15.1. The third kappa shape index (κ3) is 3.63. The lowest BCUT2D eigenvalue weighted by Crippen LogP contribution is -2.31. The number of benzene rings is 1. The van der Waals surface area contributed by atoms with Crippen molar-refractivity contribution in [3.8, 4) is 0 Å². The van der Waals surface area contributed by atoms with E-state index >= 15 is 0 Å². The maximum absolute atomic E-state index is 3.68. The van der Waals surface area contributed by atoms with Gasteiger partial charge in [-0.3, -0.25) is 0 Å². The van der Waals surface area contributed by atoms with E-state index < -0.39 is 0 Å². The monoisotopic (exact) mass is 272 g/mol. The molecule has 1 aromatic rings. The van der Waals surface area contributed by atoms with E-state index in [1.807, 2.05) is 0 Å². The highest BCUT2D eigenvalue weighted by molar-refractivity contribution is 5.56. The van der Waals surface area contributed by atoms with Gasteiger partial charge in [0.25, 0.3) is 0 Å². The topological polar surface area (TPSA) is 15.3 Å². The summed E-state index contributed by atoms with van der Waals surface area (Å²) in [5, 5.41) is 3.68.